The van der Waals surface area contributed by atoms with E-state index in [4.69, 9.17) is 30.7 Å². The second-order valence-corrected chi connectivity index (χ2v) is 9.72. The van der Waals surface area contributed by atoms with Crippen LogP contribution in [0.4, 0.5) is 17.3 Å². The lowest BCUT2D eigenvalue weighted by molar-refractivity contribution is 0.0974. The van der Waals surface area contributed by atoms with Crippen molar-refractivity contribution >= 4 is 28.5 Å². The van der Waals surface area contributed by atoms with Gasteiger partial charge in [0.1, 0.15) is 5.82 Å². The summed E-state index contributed by atoms with van der Waals surface area (Å²) < 4.78 is 5.85. The number of rotatable bonds is 3. The Morgan fingerprint density at radius 3 is 2.88 bits per heavy atom. The number of hydrogen-bond donors (Lipinski definition) is 2. The number of nitrogens with zero attached hydrogens (tertiary/aromatic N) is 7. The molecule has 2 atom stereocenters. The van der Waals surface area contributed by atoms with Crippen LogP contribution >= 0.6 is 0 Å². The standard InChI is InChI=1S/C24H29N9O/c1-15-21(26)24(14-34-15)7-11-32(12-8-24)19-13-27-20-22(29-19)30-31-23(20)33-10-2-3-17-18(33)5-4-16(28-17)6-9-25/h4-5,13,15,21H,2-3,6-8,10-12,14,26H2,1H3,(H,29,30,31)/t15-,21+/m0/s1. The summed E-state index contributed by atoms with van der Waals surface area (Å²) in [6.45, 7) is 5.44. The quantitative estimate of drug-likeness (QED) is 0.605. The predicted octanol–water partition coefficient (Wildman–Crippen LogP) is 2.23. The van der Waals surface area contributed by atoms with Crippen molar-refractivity contribution in [1.82, 2.24) is 25.1 Å². The number of ether oxygens (including phenoxy) is 1. The Morgan fingerprint density at radius 2 is 2.12 bits per heavy atom. The zero-order valence-corrected chi connectivity index (χ0v) is 19.4. The average Bonchev–Trinajstić information content (AvgIpc) is 3.41. The first kappa shape index (κ1) is 21.3. The molecule has 3 N–H and O–H groups in total. The number of H-pyrrole nitrogens is 1. The minimum atomic E-state index is 0.0808. The molecule has 0 unspecified atom stereocenters. The van der Waals surface area contributed by atoms with Gasteiger partial charge in [0.2, 0.25) is 0 Å². The normalized spacial score (nSPS) is 23.9. The Morgan fingerprint density at radius 1 is 1.26 bits per heavy atom. The van der Waals surface area contributed by atoms with Gasteiger partial charge in [0.15, 0.2) is 17.0 Å². The first-order valence-electron chi connectivity index (χ1n) is 12.0. The summed E-state index contributed by atoms with van der Waals surface area (Å²) in [5.74, 6) is 1.63. The van der Waals surface area contributed by atoms with Gasteiger partial charge >= 0.3 is 0 Å². The molecule has 3 aromatic rings. The van der Waals surface area contributed by atoms with E-state index in [9.17, 15) is 0 Å². The van der Waals surface area contributed by atoms with Crippen LogP contribution in [0.2, 0.25) is 0 Å². The number of aryl methyl sites for hydroxylation is 1. The van der Waals surface area contributed by atoms with Gasteiger partial charge in [-0.2, -0.15) is 10.4 Å². The van der Waals surface area contributed by atoms with E-state index in [2.05, 4.69) is 33.0 Å². The van der Waals surface area contributed by atoms with Crippen molar-refractivity contribution in [1.29, 1.82) is 5.26 Å². The number of pyridine rings is 1. The highest BCUT2D eigenvalue weighted by Crippen LogP contribution is 2.42. The molecule has 2 saturated heterocycles. The molecule has 2 fully saturated rings. The van der Waals surface area contributed by atoms with Gasteiger partial charge in [-0.15, -0.1) is 0 Å². The molecule has 0 amide bonds. The van der Waals surface area contributed by atoms with Crippen molar-refractivity contribution in [3.63, 3.8) is 0 Å². The summed E-state index contributed by atoms with van der Waals surface area (Å²) in [4.78, 5) is 18.8. The molecule has 6 rings (SSSR count). The van der Waals surface area contributed by atoms with Crippen molar-refractivity contribution in [3.05, 3.63) is 29.7 Å². The molecule has 10 heteroatoms. The second-order valence-electron chi connectivity index (χ2n) is 9.72. The molecule has 0 bridgehead atoms. The number of nitrogens with two attached hydrogens (primary N) is 1. The number of anilines is 3. The van der Waals surface area contributed by atoms with E-state index in [1.165, 1.54) is 0 Å². The topological polar surface area (TPSA) is 133 Å². The minimum absolute atomic E-state index is 0.0808. The molecule has 0 radical (unpaired) electrons. The van der Waals surface area contributed by atoms with Crippen LogP contribution in [0, 0.1) is 16.7 Å². The van der Waals surface area contributed by atoms with E-state index in [1.54, 1.807) is 0 Å². The largest absolute Gasteiger partial charge is 0.376 e. The molecule has 34 heavy (non-hydrogen) atoms. The van der Waals surface area contributed by atoms with E-state index in [1.807, 2.05) is 18.3 Å². The van der Waals surface area contributed by atoms with Crippen molar-refractivity contribution < 1.29 is 4.74 Å². The highest BCUT2D eigenvalue weighted by atomic mass is 16.5. The van der Waals surface area contributed by atoms with Crippen LogP contribution in [0.25, 0.3) is 11.2 Å². The summed E-state index contributed by atoms with van der Waals surface area (Å²) >= 11 is 0. The molecule has 6 heterocycles. The SMILES string of the molecule is C[C@@H]1OCC2(CCN(c3cnc4c(N5CCCc6nc(CC#N)ccc65)n[nH]c4n3)CC2)[C@@H]1N. The van der Waals surface area contributed by atoms with Gasteiger partial charge in [0, 0.05) is 31.1 Å². The molecular formula is C24H29N9O. The van der Waals surface area contributed by atoms with Crippen molar-refractivity contribution in [2.75, 3.05) is 36.0 Å². The molecule has 0 saturated carbocycles. The molecule has 3 aromatic heterocycles. The fourth-order valence-corrected chi connectivity index (χ4v) is 5.67. The maximum Gasteiger partial charge on any atom is 0.183 e. The number of nitrogens with one attached hydrogen (secondary N) is 1. The van der Waals surface area contributed by atoms with Gasteiger partial charge in [-0.3, -0.25) is 10.1 Å². The van der Waals surface area contributed by atoms with Crippen LogP contribution in [0.5, 0.6) is 0 Å². The van der Waals surface area contributed by atoms with E-state index in [0.717, 1.165) is 86.2 Å². The highest BCUT2D eigenvalue weighted by molar-refractivity contribution is 5.87. The van der Waals surface area contributed by atoms with Crippen LogP contribution in [0.3, 0.4) is 0 Å². The lowest BCUT2D eigenvalue weighted by Gasteiger charge is -2.41. The third-order valence-corrected chi connectivity index (χ3v) is 7.78. The zero-order valence-electron chi connectivity index (χ0n) is 19.4. The molecule has 3 aliphatic heterocycles. The Bertz CT molecular complexity index is 1260. The van der Waals surface area contributed by atoms with Crippen molar-refractivity contribution in [2.24, 2.45) is 11.1 Å². The van der Waals surface area contributed by atoms with Crippen LogP contribution < -0.4 is 15.5 Å². The van der Waals surface area contributed by atoms with E-state index < -0.39 is 0 Å². The predicted molar refractivity (Wildman–Crippen MR) is 128 cm³/mol. The Balaban J connectivity index is 1.24. The Labute approximate surface area is 198 Å². The summed E-state index contributed by atoms with van der Waals surface area (Å²) in [5.41, 5.74) is 10.8. The Hall–Kier alpha value is -3.29. The molecule has 3 aliphatic rings. The fraction of sp³-hybridized carbons (Fsp3) is 0.542. The lowest BCUT2D eigenvalue weighted by atomic mass is 9.73. The summed E-state index contributed by atoms with van der Waals surface area (Å²) in [5, 5.41) is 16.7. The summed E-state index contributed by atoms with van der Waals surface area (Å²) in [6, 6.07) is 6.23. The fourth-order valence-electron chi connectivity index (χ4n) is 5.67. The third-order valence-electron chi connectivity index (χ3n) is 7.78. The van der Waals surface area contributed by atoms with Crippen molar-refractivity contribution in [2.45, 2.75) is 51.2 Å². The zero-order chi connectivity index (χ0) is 23.3. The van der Waals surface area contributed by atoms with Gasteiger partial charge in [-0.1, -0.05) is 0 Å². The Kier molecular flexibility index (Phi) is 5.12. The molecule has 10 nitrogen and oxygen atoms in total. The van der Waals surface area contributed by atoms with E-state index >= 15 is 0 Å². The molecule has 176 valence electrons. The maximum atomic E-state index is 8.99. The van der Waals surface area contributed by atoms with Crippen LogP contribution in [-0.4, -0.2) is 63.5 Å². The average molecular weight is 460 g/mol. The lowest BCUT2D eigenvalue weighted by Crippen LogP contribution is -2.50. The summed E-state index contributed by atoms with van der Waals surface area (Å²) in [6.07, 6.45) is 6.16. The van der Waals surface area contributed by atoms with Crippen molar-refractivity contribution in [3.8, 4) is 6.07 Å². The third kappa shape index (κ3) is 3.38. The number of piperidine rings is 1. The number of fused-ring (bicyclic) bond motifs is 2. The van der Waals surface area contributed by atoms with Gasteiger partial charge in [0.05, 0.1) is 48.5 Å². The molecule has 0 aromatic carbocycles. The van der Waals surface area contributed by atoms with Crippen LogP contribution in [0.15, 0.2) is 18.3 Å². The van der Waals surface area contributed by atoms with E-state index in [0.29, 0.717) is 12.1 Å². The number of nitriles is 1. The summed E-state index contributed by atoms with van der Waals surface area (Å²) in [7, 11) is 0. The minimum Gasteiger partial charge on any atom is -0.376 e. The highest BCUT2D eigenvalue weighted by Gasteiger charge is 2.47. The van der Waals surface area contributed by atoms with Crippen LogP contribution in [-0.2, 0) is 17.6 Å². The number of aromatic amines is 1. The van der Waals surface area contributed by atoms with Gasteiger partial charge < -0.3 is 20.3 Å². The molecule has 0 aliphatic carbocycles. The second kappa shape index (κ2) is 8.18. The smallest absolute Gasteiger partial charge is 0.183 e. The maximum absolute atomic E-state index is 8.99. The first-order chi connectivity index (χ1) is 16.6. The van der Waals surface area contributed by atoms with Gasteiger partial charge in [-0.25, -0.2) is 9.97 Å². The monoisotopic (exact) mass is 459 g/mol. The molecular weight excluding hydrogens is 430 g/mol. The number of hydrogen-bond acceptors (Lipinski definition) is 9. The molecule has 1 spiro atoms. The van der Waals surface area contributed by atoms with Gasteiger partial charge in [0.25, 0.3) is 0 Å². The van der Waals surface area contributed by atoms with Crippen LogP contribution in [0.1, 0.15) is 37.6 Å². The number of aromatic nitrogens is 5. The first-order valence-corrected chi connectivity index (χ1v) is 12.0. The van der Waals surface area contributed by atoms with E-state index in [-0.39, 0.29) is 17.6 Å². The van der Waals surface area contributed by atoms with Gasteiger partial charge in [-0.05, 0) is 44.7 Å².